The smallest absolute Gasteiger partial charge is 0.220 e. The van der Waals surface area contributed by atoms with E-state index in [1.807, 2.05) is 0 Å². The van der Waals surface area contributed by atoms with Crippen LogP contribution in [0.15, 0.2) is 12.2 Å². The molecule has 44 valence electrons. The zero-order chi connectivity index (χ0) is 6.57. The lowest BCUT2D eigenvalue weighted by Gasteiger charge is -1.78. The van der Waals surface area contributed by atoms with E-state index in [1.165, 1.54) is 13.0 Å². The lowest BCUT2D eigenvalue weighted by atomic mass is 10.3. The van der Waals surface area contributed by atoms with E-state index in [-0.39, 0.29) is 0 Å². The van der Waals surface area contributed by atoms with Crippen molar-refractivity contribution in [3.63, 3.8) is 0 Å². The molecule has 0 radical (unpaired) electrons. The van der Waals surface area contributed by atoms with E-state index in [4.69, 9.17) is 0 Å². The number of Topliss-reactive ketones (excluding diaryl/α,β-unsaturated/α-hetero) is 1. The minimum absolute atomic E-state index is 0.414. The quantitative estimate of drug-likeness (QED) is 0.389. The molecule has 0 amide bonds. The summed E-state index contributed by atoms with van der Waals surface area (Å²) in [5.41, 5.74) is 0. The maximum atomic E-state index is 10.3. The Labute approximate surface area is 48.2 Å². The Hall–Kier alpha value is -0.920. The fourth-order valence-electron chi connectivity index (χ4n) is 0.269. The highest BCUT2D eigenvalue weighted by molar-refractivity contribution is 6.40. The second-order valence-electron chi connectivity index (χ2n) is 1.42. The van der Waals surface area contributed by atoms with Crippen LogP contribution in [0, 0.1) is 0 Å². The van der Waals surface area contributed by atoms with Crippen LogP contribution in [-0.2, 0) is 9.59 Å². The zero-order valence-corrected chi connectivity index (χ0v) is 4.97. The van der Waals surface area contributed by atoms with Crippen molar-refractivity contribution in [2.45, 2.75) is 13.8 Å². The Morgan fingerprint density at radius 3 is 2.00 bits per heavy atom. The van der Waals surface area contributed by atoms with Crippen molar-refractivity contribution in [2.24, 2.45) is 0 Å². The summed E-state index contributed by atoms with van der Waals surface area (Å²) in [6.45, 7) is 2.95. The number of carbonyl (C=O) groups is 2. The standard InChI is InChI=1S/C6H8O2/c1-3-4-6(8)5(2)7/h3-4H,1-2H3. The predicted molar refractivity (Wildman–Crippen MR) is 30.5 cm³/mol. The first-order valence-corrected chi connectivity index (χ1v) is 2.36. The molecule has 0 unspecified atom stereocenters. The van der Waals surface area contributed by atoms with Gasteiger partial charge in [0.2, 0.25) is 5.78 Å². The minimum atomic E-state index is -0.437. The van der Waals surface area contributed by atoms with Crippen LogP contribution in [0.25, 0.3) is 0 Å². The molecule has 0 heterocycles. The molecule has 0 spiro atoms. The molecule has 0 saturated heterocycles. The first-order chi connectivity index (χ1) is 3.68. The van der Waals surface area contributed by atoms with Crippen LogP contribution in [-0.4, -0.2) is 11.6 Å². The molecule has 0 atom stereocenters. The summed E-state index contributed by atoms with van der Waals surface area (Å²) in [7, 11) is 0. The van der Waals surface area contributed by atoms with Gasteiger partial charge in [-0.15, -0.1) is 0 Å². The summed E-state index contributed by atoms with van der Waals surface area (Å²) in [6.07, 6.45) is 2.80. The predicted octanol–water partition coefficient (Wildman–Crippen LogP) is 0.721. The SMILES string of the molecule is CC=CC(=O)C(C)=O. The molecule has 2 nitrogen and oxygen atoms in total. The van der Waals surface area contributed by atoms with Crippen LogP contribution in [0.1, 0.15) is 13.8 Å². The number of hydrogen-bond acceptors (Lipinski definition) is 2. The van der Waals surface area contributed by atoms with Crippen molar-refractivity contribution in [2.75, 3.05) is 0 Å². The van der Waals surface area contributed by atoms with Crippen molar-refractivity contribution in [1.82, 2.24) is 0 Å². The van der Waals surface area contributed by atoms with Crippen molar-refractivity contribution in [3.05, 3.63) is 12.2 Å². The fourth-order valence-corrected chi connectivity index (χ4v) is 0.269. The number of ketones is 2. The van der Waals surface area contributed by atoms with Gasteiger partial charge in [0, 0.05) is 6.92 Å². The molecule has 0 aliphatic heterocycles. The van der Waals surface area contributed by atoms with Crippen LogP contribution in [0.3, 0.4) is 0 Å². The molecule has 0 saturated carbocycles. The Bertz CT molecular complexity index is 133. The molecule has 2 heteroatoms. The summed E-state index contributed by atoms with van der Waals surface area (Å²) in [5, 5.41) is 0. The van der Waals surface area contributed by atoms with Gasteiger partial charge in [-0.05, 0) is 13.0 Å². The molecule has 0 aliphatic rings. The summed E-state index contributed by atoms with van der Waals surface area (Å²) in [5.74, 6) is -0.851. The van der Waals surface area contributed by atoms with Gasteiger partial charge in [0.1, 0.15) is 0 Å². The third-order valence-corrected chi connectivity index (χ3v) is 0.665. The zero-order valence-electron chi connectivity index (χ0n) is 4.97. The molecule has 0 aromatic rings. The van der Waals surface area contributed by atoms with Gasteiger partial charge >= 0.3 is 0 Å². The van der Waals surface area contributed by atoms with Crippen LogP contribution >= 0.6 is 0 Å². The molecule has 0 bridgehead atoms. The number of hydrogen-bond donors (Lipinski definition) is 0. The molecule has 0 aliphatic carbocycles. The van der Waals surface area contributed by atoms with E-state index < -0.39 is 11.6 Å². The maximum absolute atomic E-state index is 10.3. The Morgan fingerprint density at radius 1 is 1.38 bits per heavy atom. The van der Waals surface area contributed by atoms with Gasteiger partial charge in [-0.25, -0.2) is 0 Å². The van der Waals surface area contributed by atoms with Crippen molar-refractivity contribution in [1.29, 1.82) is 0 Å². The van der Waals surface area contributed by atoms with Crippen LogP contribution in [0.2, 0.25) is 0 Å². The van der Waals surface area contributed by atoms with Crippen LogP contribution in [0.5, 0.6) is 0 Å². The molecule has 0 N–H and O–H groups in total. The monoisotopic (exact) mass is 112 g/mol. The lowest BCUT2D eigenvalue weighted by molar-refractivity contribution is -0.132. The highest BCUT2D eigenvalue weighted by Gasteiger charge is 1.98. The van der Waals surface area contributed by atoms with E-state index in [0.29, 0.717) is 0 Å². The maximum Gasteiger partial charge on any atom is 0.220 e. The average Bonchev–Trinajstić information content (AvgIpc) is 1.67. The van der Waals surface area contributed by atoms with E-state index in [9.17, 15) is 9.59 Å². The molecule has 0 fully saturated rings. The summed E-state index contributed by atoms with van der Waals surface area (Å²) >= 11 is 0. The first-order valence-electron chi connectivity index (χ1n) is 2.36. The van der Waals surface area contributed by atoms with Gasteiger partial charge < -0.3 is 0 Å². The molecule has 0 aromatic carbocycles. The Kier molecular flexibility index (Phi) is 2.77. The third kappa shape index (κ3) is 2.29. The van der Waals surface area contributed by atoms with E-state index >= 15 is 0 Å². The summed E-state index contributed by atoms with van der Waals surface area (Å²) in [6, 6.07) is 0. The molecule has 0 aromatic heterocycles. The number of allylic oxidation sites excluding steroid dienone is 2. The number of carbonyl (C=O) groups excluding carboxylic acids is 2. The van der Waals surface area contributed by atoms with E-state index in [0.717, 1.165) is 0 Å². The molecular formula is C6H8O2. The van der Waals surface area contributed by atoms with Gasteiger partial charge in [0.15, 0.2) is 5.78 Å². The average molecular weight is 112 g/mol. The van der Waals surface area contributed by atoms with Gasteiger partial charge in [0.05, 0.1) is 0 Å². The summed E-state index contributed by atoms with van der Waals surface area (Å²) in [4.78, 5) is 20.4. The molecule has 0 rings (SSSR count). The van der Waals surface area contributed by atoms with Crippen LogP contribution < -0.4 is 0 Å². The van der Waals surface area contributed by atoms with E-state index in [2.05, 4.69) is 0 Å². The Balaban J connectivity index is 3.85. The van der Waals surface area contributed by atoms with Gasteiger partial charge in [-0.3, -0.25) is 9.59 Å². The third-order valence-electron chi connectivity index (χ3n) is 0.665. The van der Waals surface area contributed by atoms with Crippen molar-refractivity contribution < 1.29 is 9.59 Å². The van der Waals surface area contributed by atoms with Gasteiger partial charge in [-0.2, -0.15) is 0 Å². The lowest BCUT2D eigenvalue weighted by Crippen LogP contribution is -2.04. The topological polar surface area (TPSA) is 34.1 Å². The van der Waals surface area contributed by atoms with Gasteiger partial charge in [0.25, 0.3) is 0 Å². The minimum Gasteiger partial charge on any atom is -0.291 e. The fraction of sp³-hybridized carbons (Fsp3) is 0.333. The first kappa shape index (κ1) is 7.08. The second-order valence-corrected chi connectivity index (χ2v) is 1.42. The Morgan fingerprint density at radius 2 is 1.88 bits per heavy atom. The summed E-state index contributed by atoms with van der Waals surface area (Å²) < 4.78 is 0. The normalized spacial score (nSPS) is 9.75. The number of rotatable bonds is 2. The van der Waals surface area contributed by atoms with Crippen LogP contribution in [0.4, 0.5) is 0 Å². The second kappa shape index (κ2) is 3.13. The van der Waals surface area contributed by atoms with Crippen molar-refractivity contribution in [3.8, 4) is 0 Å². The molecule has 8 heavy (non-hydrogen) atoms. The molecular weight excluding hydrogens is 104 g/mol. The highest BCUT2D eigenvalue weighted by atomic mass is 16.2. The van der Waals surface area contributed by atoms with E-state index in [1.54, 1.807) is 13.0 Å². The largest absolute Gasteiger partial charge is 0.291 e. The van der Waals surface area contributed by atoms with Gasteiger partial charge in [-0.1, -0.05) is 6.08 Å². The highest BCUT2D eigenvalue weighted by Crippen LogP contribution is 1.76. The van der Waals surface area contributed by atoms with Crippen molar-refractivity contribution >= 4 is 11.6 Å².